The lowest BCUT2D eigenvalue weighted by Crippen LogP contribution is -2.49. The average molecular weight is 454 g/mol. The Hall–Kier alpha value is -0.580. The van der Waals surface area contributed by atoms with Gasteiger partial charge in [0.25, 0.3) is 0 Å². The first-order valence-electron chi connectivity index (χ1n) is 12.7. The zero-order valence-electron chi connectivity index (χ0n) is 19.3. The van der Waals surface area contributed by atoms with Crippen LogP contribution in [0.1, 0.15) is 89.3 Å². The molecule has 1 aromatic rings. The standard InChI is InChI=1S/C26H38F3NS/c1-15-4-6-18-17(12-15)5-7-20-19(18)10-11-25(3)21(8-9-22(20)25)16(2)13-24-30-23(14-31-24)26(27,28)29/h14-22H,4-13H2,1-3H3/t15-,16+,17+,18-,19?,20+,21?,22?,25+/m0/s1. The van der Waals surface area contributed by atoms with E-state index in [-0.39, 0.29) is 0 Å². The van der Waals surface area contributed by atoms with Crippen molar-refractivity contribution >= 4 is 11.3 Å². The van der Waals surface area contributed by atoms with E-state index in [4.69, 9.17) is 0 Å². The molecule has 0 N–H and O–H groups in total. The van der Waals surface area contributed by atoms with Crippen LogP contribution in [0.4, 0.5) is 13.2 Å². The van der Waals surface area contributed by atoms with Crippen LogP contribution in [0.3, 0.4) is 0 Å². The van der Waals surface area contributed by atoms with Gasteiger partial charge in [0.05, 0.1) is 5.01 Å². The maximum absolute atomic E-state index is 13.0. The molecule has 31 heavy (non-hydrogen) atoms. The van der Waals surface area contributed by atoms with Crippen LogP contribution in [0.15, 0.2) is 5.38 Å². The predicted molar refractivity (Wildman–Crippen MR) is 120 cm³/mol. The maximum atomic E-state index is 13.0. The SMILES string of the molecule is C[C@H]1CC[C@@H]2C3CC[C@@]4(C)C(CCC4[C@H](C)Cc4nc(C(F)(F)F)cs4)[C@@H]3CC[C@@H]2C1. The molecule has 4 aliphatic rings. The Balaban J connectivity index is 1.28. The summed E-state index contributed by atoms with van der Waals surface area (Å²) in [6, 6.07) is 0. The number of hydrogen-bond acceptors (Lipinski definition) is 2. The first-order chi connectivity index (χ1) is 14.7. The van der Waals surface area contributed by atoms with E-state index in [0.29, 0.717) is 28.7 Å². The minimum atomic E-state index is -4.32. The number of rotatable bonds is 3. The molecule has 5 rings (SSSR count). The molecule has 4 saturated carbocycles. The first kappa shape index (κ1) is 22.2. The van der Waals surface area contributed by atoms with Crippen molar-refractivity contribution in [1.82, 2.24) is 4.98 Å². The Labute approximate surface area is 189 Å². The zero-order chi connectivity index (χ0) is 22.0. The van der Waals surface area contributed by atoms with Crippen molar-refractivity contribution in [3.63, 3.8) is 0 Å². The summed E-state index contributed by atoms with van der Waals surface area (Å²) in [6.45, 7) is 7.27. The number of nitrogens with zero attached hydrogens (tertiary/aromatic N) is 1. The fourth-order valence-electron chi connectivity index (χ4n) is 9.02. The van der Waals surface area contributed by atoms with Crippen LogP contribution >= 0.6 is 11.3 Å². The number of aromatic nitrogens is 1. The molecule has 0 radical (unpaired) electrons. The molecule has 4 fully saturated rings. The van der Waals surface area contributed by atoms with Crippen molar-refractivity contribution in [3.05, 3.63) is 16.1 Å². The minimum absolute atomic E-state index is 0.374. The molecule has 0 amide bonds. The molecule has 0 aliphatic heterocycles. The fraction of sp³-hybridized carbons (Fsp3) is 0.885. The molecule has 5 heteroatoms. The van der Waals surface area contributed by atoms with E-state index < -0.39 is 11.9 Å². The molecule has 1 nitrogen and oxygen atoms in total. The van der Waals surface area contributed by atoms with Crippen LogP contribution in [-0.4, -0.2) is 4.98 Å². The van der Waals surface area contributed by atoms with Crippen molar-refractivity contribution in [2.75, 3.05) is 0 Å². The van der Waals surface area contributed by atoms with E-state index in [1.165, 1.54) is 74.5 Å². The van der Waals surface area contributed by atoms with Crippen LogP contribution in [-0.2, 0) is 12.6 Å². The Morgan fingerprint density at radius 1 is 1.06 bits per heavy atom. The van der Waals surface area contributed by atoms with Crippen molar-refractivity contribution in [1.29, 1.82) is 0 Å². The number of fused-ring (bicyclic) bond motifs is 5. The Kier molecular flexibility index (Phi) is 5.75. The highest BCUT2D eigenvalue weighted by Crippen LogP contribution is 2.65. The van der Waals surface area contributed by atoms with Crippen molar-refractivity contribution in [2.45, 2.75) is 91.2 Å². The molecule has 0 saturated heterocycles. The monoisotopic (exact) mass is 453 g/mol. The molecule has 3 unspecified atom stereocenters. The van der Waals surface area contributed by atoms with Gasteiger partial charge in [-0.05, 0) is 104 Å². The smallest absolute Gasteiger partial charge is 0.237 e. The summed E-state index contributed by atoms with van der Waals surface area (Å²) in [5, 5.41) is 1.85. The molecule has 0 aromatic carbocycles. The van der Waals surface area contributed by atoms with Gasteiger partial charge in [-0.1, -0.05) is 27.2 Å². The van der Waals surface area contributed by atoms with E-state index in [9.17, 15) is 13.2 Å². The number of halogens is 3. The topological polar surface area (TPSA) is 12.9 Å². The average Bonchev–Trinajstić information content (AvgIpc) is 3.31. The molecule has 1 heterocycles. The van der Waals surface area contributed by atoms with Crippen LogP contribution in [0.5, 0.6) is 0 Å². The fourth-order valence-corrected chi connectivity index (χ4v) is 9.96. The van der Waals surface area contributed by atoms with Crippen LogP contribution in [0.25, 0.3) is 0 Å². The largest absolute Gasteiger partial charge is 0.434 e. The Morgan fingerprint density at radius 3 is 2.58 bits per heavy atom. The van der Waals surface area contributed by atoms with E-state index in [1.807, 2.05) is 0 Å². The Morgan fingerprint density at radius 2 is 1.84 bits per heavy atom. The summed E-state index contributed by atoms with van der Waals surface area (Å²) in [7, 11) is 0. The highest BCUT2D eigenvalue weighted by molar-refractivity contribution is 7.09. The van der Waals surface area contributed by atoms with Crippen molar-refractivity contribution in [2.24, 2.45) is 52.8 Å². The molecular formula is C26H38F3NS. The van der Waals surface area contributed by atoms with Crippen LogP contribution in [0.2, 0.25) is 0 Å². The summed E-state index contributed by atoms with van der Waals surface area (Å²) < 4.78 is 38.9. The van der Waals surface area contributed by atoms with E-state index in [1.54, 1.807) is 0 Å². The van der Waals surface area contributed by atoms with Gasteiger partial charge >= 0.3 is 6.18 Å². The van der Waals surface area contributed by atoms with Crippen molar-refractivity contribution < 1.29 is 13.2 Å². The second-order valence-electron chi connectivity index (χ2n) is 11.9. The normalized spacial score (nSPS) is 43.7. The summed E-state index contributed by atoms with van der Waals surface area (Å²) in [4.78, 5) is 3.93. The van der Waals surface area contributed by atoms with Gasteiger partial charge in [-0.2, -0.15) is 13.2 Å². The molecule has 174 valence electrons. The van der Waals surface area contributed by atoms with Gasteiger partial charge < -0.3 is 0 Å². The van der Waals surface area contributed by atoms with Crippen molar-refractivity contribution in [3.8, 4) is 0 Å². The van der Waals surface area contributed by atoms with E-state index >= 15 is 0 Å². The quantitative estimate of drug-likeness (QED) is 0.449. The van der Waals surface area contributed by atoms with Gasteiger partial charge in [0.1, 0.15) is 0 Å². The number of hydrogen-bond donors (Lipinski definition) is 0. The molecule has 0 bridgehead atoms. The van der Waals surface area contributed by atoms with Gasteiger partial charge in [-0.15, -0.1) is 11.3 Å². The summed E-state index contributed by atoms with van der Waals surface area (Å²) in [5.41, 5.74) is -0.339. The lowest BCUT2D eigenvalue weighted by Gasteiger charge is -2.56. The number of thiazole rings is 1. The van der Waals surface area contributed by atoms with Gasteiger partial charge in [0, 0.05) is 11.8 Å². The maximum Gasteiger partial charge on any atom is 0.434 e. The third-order valence-electron chi connectivity index (χ3n) is 10.3. The second kappa shape index (κ2) is 8.02. The number of alkyl halides is 3. The van der Waals surface area contributed by atoms with E-state index in [2.05, 4.69) is 25.8 Å². The van der Waals surface area contributed by atoms with Gasteiger partial charge in [0.2, 0.25) is 0 Å². The van der Waals surface area contributed by atoms with Gasteiger partial charge in [-0.3, -0.25) is 0 Å². The molecule has 1 aromatic heterocycles. The lowest BCUT2D eigenvalue weighted by molar-refractivity contribution is -0.140. The minimum Gasteiger partial charge on any atom is -0.237 e. The second-order valence-corrected chi connectivity index (χ2v) is 12.8. The molecule has 4 aliphatic carbocycles. The molecule has 9 atom stereocenters. The van der Waals surface area contributed by atoms with Crippen LogP contribution in [0, 0.1) is 52.8 Å². The lowest BCUT2D eigenvalue weighted by atomic mass is 9.49. The third kappa shape index (κ3) is 3.89. The summed E-state index contributed by atoms with van der Waals surface area (Å²) >= 11 is 1.19. The zero-order valence-corrected chi connectivity index (χ0v) is 20.1. The van der Waals surface area contributed by atoms with E-state index in [0.717, 1.165) is 35.5 Å². The van der Waals surface area contributed by atoms with Gasteiger partial charge in [0.15, 0.2) is 5.69 Å². The molecule has 0 spiro atoms. The summed E-state index contributed by atoms with van der Waals surface area (Å²) in [6.07, 6.45) is 8.93. The third-order valence-corrected chi connectivity index (χ3v) is 11.2. The Bertz CT molecular complexity index is 788. The highest BCUT2D eigenvalue weighted by atomic mass is 32.1. The highest BCUT2D eigenvalue weighted by Gasteiger charge is 2.57. The predicted octanol–water partition coefficient (Wildman–Crippen LogP) is 8.25. The summed E-state index contributed by atoms with van der Waals surface area (Å²) in [5.74, 6) is 6.61. The van der Waals surface area contributed by atoms with Gasteiger partial charge in [-0.25, -0.2) is 4.98 Å². The first-order valence-corrected chi connectivity index (χ1v) is 13.6. The molecular weight excluding hydrogens is 415 g/mol. The van der Waals surface area contributed by atoms with Crippen LogP contribution < -0.4 is 0 Å².